The topological polar surface area (TPSA) is 55.1 Å². The first-order valence-electron chi connectivity index (χ1n) is 7.03. The normalized spacial score (nSPS) is 30.0. The van der Waals surface area contributed by atoms with Crippen molar-refractivity contribution in [3.8, 4) is 0 Å². The first kappa shape index (κ1) is 16.2. The van der Waals surface area contributed by atoms with Crippen LogP contribution in [0.5, 0.6) is 0 Å². The highest BCUT2D eigenvalue weighted by Gasteiger charge is 2.48. The highest BCUT2D eigenvalue weighted by atomic mass is 35.5. The quantitative estimate of drug-likeness (QED) is 0.899. The molecule has 2 aliphatic carbocycles. The van der Waals surface area contributed by atoms with Gasteiger partial charge in [-0.3, -0.25) is 4.79 Å². The lowest BCUT2D eigenvalue weighted by atomic mass is 9.84. The van der Waals surface area contributed by atoms with E-state index in [1.54, 1.807) is 0 Å². The van der Waals surface area contributed by atoms with E-state index >= 15 is 0 Å². The van der Waals surface area contributed by atoms with Crippen LogP contribution < -0.4 is 11.1 Å². The minimum absolute atomic E-state index is 0. The van der Waals surface area contributed by atoms with E-state index in [0.29, 0.717) is 17.4 Å². The number of halogens is 3. The number of rotatable bonds is 3. The van der Waals surface area contributed by atoms with Gasteiger partial charge in [-0.1, -0.05) is 6.07 Å². The summed E-state index contributed by atoms with van der Waals surface area (Å²) in [6.45, 7) is 0.205. The number of benzene rings is 1. The maximum Gasteiger partial charge on any atom is 0.225 e. The molecule has 4 unspecified atom stereocenters. The van der Waals surface area contributed by atoms with Gasteiger partial charge in [-0.15, -0.1) is 12.4 Å². The SMILES string of the molecule is Cl.NC1C2CCC(C2)C1C(=O)NCc1ccc(F)c(F)c1. The summed E-state index contributed by atoms with van der Waals surface area (Å²) in [5.74, 6) is -1.10. The Morgan fingerprint density at radius 2 is 1.95 bits per heavy atom. The van der Waals surface area contributed by atoms with E-state index in [2.05, 4.69) is 5.32 Å². The molecule has 0 radical (unpaired) electrons. The molecule has 2 fully saturated rings. The van der Waals surface area contributed by atoms with Gasteiger partial charge in [0.15, 0.2) is 11.6 Å². The van der Waals surface area contributed by atoms with Crippen molar-refractivity contribution in [3.63, 3.8) is 0 Å². The number of hydrogen-bond donors (Lipinski definition) is 2. The standard InChI is InChI=1S/C15H18F2N2O.ClH/c16-11-4-1-8(5-12(11)17)7-19-15(20)13-9-2-3-10(6-9)14(13)18;/h1,4-5,9-10,13-14H,2-3,6-7,18H2,(H,19,20);1H. The molecule has 0 spiro atoms. The van der Waals surface area contributed by atoms with Crippen molar-refractivity contribution in [3.05, 3.63) is 35.4 Å². The van der Waals surface area contributed by atoms with Crippen LogP contribution in [0.25, 0.3) is 0 Å². The molecule has 2 aliphatic rings. The Bertz CT molecular complexity index is 538. The van der Waals surface area contributed by atoms with Crippen LogP contribution in [-0.4, -0.2) is 11.9 Å². The molecular formula is C15H19ClF2N2O. The summed E-state index contributed by atoms with van der Waals surface area (Å²) in [4.78, 5) is 12.2. The van der Waals surface area contributed by atoms with Crippen molar-refractivity contribution in [2.24, 2.45) is 23.5 Å². The molecule has 2 bridgehead atoms. The summed E-state index contributed by atoms with van der Waals surface area (Å²) in [5, 5.41) is 2.79. The molecule has 4 atom stereocenters. The Labute approximate surface area is 128 Å². The van der Waals surface area contributed by atoms with E-state index in [1.165, 1.54) is 6.07 Å². The predicted molar refractivity (Wildman–Crippen MR) is 77.7 cm³/mol. The third-order valence-electron chi connectivity index (χ3n) is 4.73. The van der Waals surface area contributed by atoms with Gasteiger partial charge >= 0.3 is 0 Å². The number of nitrogens with one attached hydrogen (secondary N) is 1. The molecule has 0 aromatic heterocycles. The zero-order valence-electron chi connectivity index (χ0n) is 11.5. The van der Waals surface area contributed by atoms with Crippen LogP contribution in [0.1, 0.15) is 24.8 Å². The summed E-state index contributed by atoms with van der Waals surface area (Å²) in [5.41, 5.74) is 6.66. The molecule has 21 heavy (non-hydrogen) atoms. The molecule has 6 heteroatoms. The van der Waals surface area contributed by atoms with Crippen LogP contribution in [0, 0.1) is 29.4 Å². The van der Waals surface area contributed by atoms with E-state index < -0.39 is 11.6 Å². The molecule has 0 saturated heterocycles. The number of amides is 1. The molecule has 2 saturated carbocycles. The van der Waals surface area contributed by atoms with E-state index in [0.717, 1.165) is 31.4 Å². The van der Waals surface area contributed by atoms with Crippen LogP contribution in [-0.2, 0) is 11.3 Å². The molecule has 1 aromatic rings. The average molecular weight is 317 g/mol. The van der Waals surface area contributed by atoms with Crippen LogP contribution in [0.3, 0.4) is 0 Å². The molecule has 3 nitrogen and oxygen atoms in total. The Kier molecular flexibility index (Phi) is 4.84. The number of carbonyl (C=O) groups is 1. The average Bonchev–Trinajstić information content (AvgIpc) is 3.00. The minimum atomic E-state index is -0.895. The van der Waals surface area contributed by atoms with Gasteiger partial charge in [0.2, 0.25) is 5.91 Å². The fraction of sp³-hybridized carbons (Fsp3) is 0.533. The van der Waals surface area contributed by atoms with E-state index in [1.807, 2.05) is 0 Å². The minimum Gasteiger partial charge on any atom is -0.352 e. The maximum absolute atomic E-state index is 13.1. The van der Waals surface area contributed by atoms with Crippen molar-refractivity contribution >= 4 is 18.3 Å². The molecule has 3 rings (SSSR count). The van der Waals surface area contributed by atoms with Crippen LogP contribution in [0.2, 0.25) is 0 Å². The van der Waals surface area contributed by atoms with Crippen molar-refractivity contribution in [2.75, 3.05) is 0 Å². The van der Waals surface area contributed by atoms with Crippen LogP contribution in [0.4, 0.5) is 8.78 Å². The second-order valence-corrected chi connectivity index (χ2v) is 5.90. The van der Waals surface area contributed by atoms with Gasteiger partial charge in [-0.25, -0.2) is 8.78 Å². The van der Waals surface area contributed by atoms with E-state index in [-0.39, 0.29) is 36.8 Å². The number of carbonyl (C=O) groups excluding carboxylic acids is 1. The van der Waals surface area contributed by atoms with Crippen LogP contribution in [0.15, 0.2) is 18.2 Å². The molecule has 3 N–H and O–H groups in total. The summed E-state index contributed by atoms with van der Waals surface area (Å²) in [6.07, 6.45) is 3.24. The molecule has 0 aliphatic heterocycles. The number of fused-ring (bicyclic) bond motifs is 2. The van der Waals surface area contributed by atoms with Crippen LogP contribution >= 0.6 is 12.4 Å². The first-order valence-corrected chi connectivity index (χ1v) is 7.03. The molecule has 1 amide bonds. The predicted octanol–water partition coefficient (Wildman–Crippen LogP) is 2.38. The van der Waals surface area contributed by atoms with Crippen molar-refractivity contribution < 1.29 is 13.6 Å². The lowest BCUT2D eigenvalue weighted by Gasteiger charge is -2.27. The Hall–Kier alpha value is -1.20. The third-order valence-corrected chi connectivity index (χ3v) is 4.73. The summed E-state index contributed by atoms with van der Waals surface area (Å²) in [7, 11) is 0. The van der Waals surface area contributed by atoms with Gasteiger partial charge in [0.05, 0.1) is 5.92 Å². The van der Waals surface area contributed by atoms with Gasteiger partial charge in [0.1, 0.15) is 0 Å². The van der Waals surface area contributed by atoms with E-state index in [9.17, 15) is 13.6 Å². The Morgan fingerprint density at radius 3 is 2.57 bits per heavy atom. The lowest BCUT2D eigenvalue weighted by Crippen LogP contribution is -2.45. The molecule has 0 heterocycles. The molecular weight excluding hydrogens is 298 g/mol. The summed E-state index contributed by atoms with van der Waals surface area (Å²) < 4.78 is 25.9. The first-order chi connectivity index (χ1) is 9.56. The molecule has 1 aromatic carbocycles. The number of nitrogens with two attached hydrogens (primary N) is 1. The fourth-order valence-corrected chi connectivity index (χ4v) is 3.68. The van der Waals surface area contributed by atoms with Gasteiger partial charge in [0.25, 0.3) is 0 Å². The fourth-order valence-electron chi connectivity index (χ4n) is 3.68. The maximum atomic E-state index is 13.1. The molecule has 116 valence electrons. The van der Waals surface area contributed by atoms with Gasteiger partial charge in [-0.2, -0.15) is 0 Å². The zero-order valence-corrected chi connectivity index (χ0v) is 12.3. The van der Waals surface area contributed by atoms with E-state index in [4.69, 9.17) is 5.73 Å². The van der Waals surface area contributed by atoms with Crippen molar-refractivity contribution in [2.45, 2.75) is 31.8 Å². The van der Waals surface area contributed by atoms with Crippen molar-refractivity contribution in [1.82, 2.24) is 5.32 Å². The van der Waals surface area contributed by atoms with Gasteiger partial charge in [-0.05, 0) is 48.8 Å². The number of hydrogen-bond acceptors (Lipinski definition) is 2. The second kappa shape index (κ2) is 6.28. The zero-order chi connectivity index (χ0) is 14.3. The third kappa shape index (κ3) is 3.04. The Morgan fingerprint density at radius 1 is 1.24 bits per heavy atom. The highest BCUT2D eigenvalue weighted by Crippen LogP contribution is 2.47. The smallest absolute Gasteiger partial charge is 0.225 e. The Balaban J connectivity index is 0.00000161. The largest absolute Gasteiger partial charge is 0.352 e. The summed E-state index contributed by atoms with van der Waals surface area (Å²) >= 11 is 0. The second-order valence-electron chi connectivity index (χ2n) is 5.90. The van der Waals surface area contributed by atoms with Gasteiger partial charge < -0.3 is 11.1 Å². The van der Waals surface area contributed by atoms with Gasteiger partial charge in [0, 0.05) is 12.6 Å². The van der Waals surface area contributed by atoms with Crippen molar-refractivity contribution in [1.29, 1.82) is 0 Å². The lowest BCUT2D eigenvalue weighted by molar-refractivity contribution is -0.127. The monoisotopic (exact) mass is 316 g/mol. The highest BCUT2D eigenvalue weighted by molar-refractivity contribution is 5.85. The summed E-state index contributed by atoms with van der Waals surface area (Å²) in [6, 6.07) is 3.59.